The van der Waals surface area contributed by atoms with Crippen LogP contribution in [0.2, 0.25) is 0 Å². The Morgan fingerprint density at radius 1 is 1.15 bits per heavy atom. The van der Waals surface area contributed by atoms with E-state index >= 15 is 0 Å². The third-order valence-corrected chi connectivity index (χ3v) is 5.81. The molecule has 3 aromatic rings. The van der Waals surface area contributed by atoms with Crippen LogP contribution in [0.4, 0.5) is 10.1 Å². The summed E-state index contributed by atoms with van der Waals surface area (Å²) in [6.45, 7) is 4.49. The van der Waals surface area contributed by atoms with Crippen molar-refractivity contribution in [3.63, 3.8) is 0 Å². The SMILES string of the molecule is COc1cc(/C=C(\C#N)C(=O)Nc2ccccc2F)cc(I)c1OCc1ccc(C)c(C)c1. The summed E-state index contributed by atoms with van der Waals surface area (Å²) < 4.78 is 26.1. The summed E-state index contributed by atoms with van der Waals surface area (Å²) in [7, 11) is 1.53. The summed E-state index contributed by atoms with van der Waals surface area (Å²) in [6.07, 6.45) is 1.42. The number of halogens is 2. The Labute approximate surface area is 206 Å². The van der Waals surface area contributed by atoms with Gasteiger partial charge in [0.2, 0.25) is 0 Å². The van der Waals surface area contributed by atoms with Crippen LogP contribution in [0.25, 0.3) is 6.08 Å². The van der Waals surface area contributed by atoms with Crippen molar-refractivity contribution in [1.82, 2.24) is 0 Å². The lowest BCUT2D eigenvalue weighted by Gasteiger charge is -2.14. The molecular weight excluding hydrogens is 534 g/mol. The van der Waals surface area contributed by atoms with Crippen molar-refractivity contribution in [3.05, 3.63) is 91.8 Å². The molecule has 1 amide bonds. The van der Waals surface area contributed by atoms with Crippen LogP contribution in [0.5, 0.6) is 11.5 Å². The first-order chi connectivity index (χ1) is 15.8. The molecule has 0 aliphatic carbocycles. The summed E-state index contributed by atoms with van der Waals surface area (Å²) in [5.41, 5.74) is 3.86. The van der Waals surface area contributed by atoms with Crippen molar-refractivity contribution < 1.29 is 18.7 Å². The number of benzene rings is 3. The second-order valence-corrected chi connectivity index (χ2v) is 8.51. The standard InChI is InChI=1S/C26H22FIN2O3/c1-16-8-9-18(10-17(16)2)15-33-25-22(28)12-19(13-24(25)32-3)11-20(14-29)26(31)30-23-7-5-4-6-21(23)27/h4-13H,15H2,1-3H3,(H,30,31)/b20-11+. The molecule has 0 saturated heterocycles. The van der Waals surface area contributed by atoms with E-state index < -0.39 is 11.7 Å². The van der Waals surface area contributed by atoms with Crippen LogP contribution < -0.4 is 14.8 Å². The van der Waals surface area contributed by atoms with Gasteiger partial charge in [0.25, 0.3) is 5.91 Å². The Hall–Kier alpha value is -3.38. The maximum absolute atomic E-state index is 13.8. The van der Waals surface area contributed by atoms with E-state index in [1.807, 2.05) is 12.1 Å². The van der Waals surface area contributed by atoms with Gasteiger partial charge in [-0.15, -0.1) is 0 Å². The van der Waals surface area contributed by atoms with E-state index in [0.29, 0.717) is 23.7 Å². The van der Waals surface area contributed by atoms with Crippen LogP contribution in [0, 0.1) is 34.6 Å². The molecule has 0 saturated carbocycles. The van der Waals surface area contributed by atoms with E-state index in [2.05, 4.69) is 53.9 Å². The van der Waals surface area contributed by atoms with Crippen LogP contribution >= 0.6 is 22.6 Å². The molecule has 33 heavy (non-hydrogen) atoms. The molecule has 168 valence electrons. The van der Waals surface area contributed by atoms with Crippen molar-refractivity contribution in [2.45, 2.75) is 20.5 Å². The maximum Gasteiger partial charge on any atom is 0.266 e. The number of aryl methyl sites for hydroxylation is 2. The quantitative estimate of drug-likeness (QED) is 0.214. The third-order valence-electron chi connectivity index (χ3n) is 5.00. The number of anilines is 1. The first kappa shape index (κ1) is 24.3. The van der Waals surface area contributed by atoms with Crippen molar-refractivity contribution in [2.24, 2.45) is 0 Å². The highest BCUT2D eigenvalue weighted by Gasteiger charge is 2.15. The summed E-state index contributed by atoms with van der Waals surface area (Å²) in [5.74, 6) is -0.233. The van der Waals surface area contributed by atoms with Gasteiger partial charge in [0.05, 0.1) is 16.4 Å². The third kappa shape index (κ3) is 6.11. The van der Waals surface area contributed by atoms with E-state index in [9.17, 15) is 14.4 Å². The highest BCUT2D eigenvalue weighted by Crippen LogP contribution is 2.35. The van der Waals surface area contributed by atoms with Crippen LogP contribution in [-0.4, -0.2) is 13.0 Å². The predicted octanol–water partition coefficient (Wildman–Crippen LogP) is 6.18. The smallest absolute Gasteiger partial charge is 0.266 e. The second-order valence-electron chi connectivity index (χ2n) is 7.35. The average molecular weight is 556 g/mol. The van der Waals surface area contributed by atoms with E-state index in [1.54, 1.807) is 18.2 Å². The summed E-state index contributed by atoms with van der Waals surface area (Å²) >= 11 is 2.12. The zero-order valence-electron chi connectivity index (χ0n) is 18.4. The number of hydrogen-bond acceptors (Lipinski definition) is 4. The Balaban J connectivity index is 1.83. The molecule has 0 spiro atoms. The minimum atomic E-state index is -0.702. The van der Waals surface area contributed by atoms with E-state index in [1.165, 1.54) is 42.5 Å². The predicted molar refractivity (Wildman–Crippen MR) is 135 cm³/mol. The van der Waals surface area contributed by atoms with Gasteiger partial charge >= 0.3 is 0 Å². The fourth-order valence-corrected chi connectivity index (χ4v) is 3.86. The van der Waals surface area contributed by atoms with Crippen molar-refractivity contribution in [3.8, 4) is 17.6 Å². The lowest BCUT2D eigenvalue weighted by molar-refractivity contribution is -0.112. The Kier molecular flexibility index (Phi) is 8.06. The minimum absolute atomic E-state index is 0.00546. The lowest BCUT2D eigenvalue weighted by Crippen LogP contribution is -2.14. The highest BCUT2D eigenvalue weighted by molar-refractivity contribution is 14.1. The minimum Gasteiger partial charge on any atom is -0.493 e. The molecule has 0 bridgehead atoms. The number of nitriles is 1. The second kappa shape index (κ2) is 11.0. The number of hydrogen-bond donors (Lipinski definition) is 1. The van der Waals surface area contributed by atoms with Gasteiger partial charge in [0.15, 0.2) is 11.5 Å². The molecule has 7 heteroatoms. The Bertz CT molecular complexity index is 1260. The molecular formula is C26H22FIN2O3. The largest absolute Gasteiger partial charge is 0.493 e. The van der Waals surface area contributed by atoms with Crippen LogP contribution in [0.1, 0.15) is 22.3 Å². The molecule has 1 N–H and O–H groups in total. The highest BCUT2D eigenvalue weighted by atomic mass is 127. The number of rotatable bonds is 7. The molecule has 0 aliphatic heterocycles. The van der Waals surface area contributed by atoms with Gasteiger partial charge in [-0.3, -0.25) is 4.79 Å². The molecule has 5 nitrogen and oxygen atoms in total. The van der Waals surface area contributed by atoms with Crippen molar-refractivity contribution in [2.75, 3.05) is 12.4 Å². The molecule has 3 aromatic carbocycles. The van der Waals surface area contributed by atoms with Gasteiger partial charge in [0.1, 0.15) is 24.1 Å². The zero-order valence-corrected chi connectivity index (χ0v) is 20.6. The topological polar surface area (TPSA) is 71.3 Å². The molecule has 0 heterocycles. The van der Waals surface area contributed by atoms with E-state index in [-0.39, 0.29) is 11.3 Å². The van der Waals surface area contributed by atoms with Crippen molar-refractivity contribution >= 4 is 40.3 Å². The zero-order chi connectivity index (χ0) is 24.0. The number of nitrogens with one attached hydrogen (secondary N) is 1. The number of para-hydroxylation sites is 1. The molecule has 0 unspecified atom stereocenters. The van der Waals surface area contributed by atoms with E-state index in [0.717, 1.165) is 9.13 Å². The molecule has 0 fully saturated rings. The van der Waals surface area contributed by atoms with Gasteiger partial charge in [0, 0.05) is 0 Å². The first-order valence-electron chi connectivity index (χ1n) is 10.1. The average Bonchev–Trinajstić information content (AvgIpc) is 2.80. The van der Waals surface area contributed by atoms with Crippen LogP contribution in [0.3, 0.4) is 0 Å². The Morgan fingerprint density at radius 3 is 2.58 bits per heavy atom. The molecule has 0 aromatic heterocycles. The number of ether oxygens (including phenoxy) is 2. The van der Waals surface area contributed by atoms with Gasteiger partial charge < -0.3 is 14.8 Å². The molecule has 0 atom stereocenters. The van der Waals surface area contributed by atoms with Crippen LogP contribution in [0.15, 0.2) is 60.2 Å². The van der Waals surface area contributed by atoms with E-state index in [4.69, 9.17) is 9.47 Å². The fraction of sp³-hybridized carbons (Fsp3) is 0.154. The van der Waals surface area contributed by atoms with Crippen LogP contribution in [-0.2, 0) is 11.4 Å². The number of nitrogens with zero attached hydrogens (tertiary/aromatic N) is 1. The number of methoxy groups -OCH3 is 1. The molecule has 3 rings (SSSR count). The lowest BCUT2D eigenvalue weighted by atomic mass is 10.1. The number of amides is 1. The fourth-order valence-electron chi connectivity index (χ4n) is 3.08. The molecule has 0 aliphatic rings. The molecule has 0 radical (unpaired) electrons. The summed E-state index contributed by atoms with van der Waals surface area (Å²) in [4.78, 5) is 12.5. The Morgan fingerprint density at radius 2 is 1.91 bits per heavy atom. The number of carbonyl (C=O) groups is 1. The monoisotopic (exact) mass is 556 g/mol. The first-order valence-corrected chi connectivity index (χ1v) is 11.1. The summed E-state index contributed by atoms with van der Waals surface area (Å²) in [6, 6.07) is 17.3. The normalized spacial score (nSPS) is 11.0. The van der Waals surface area contributed by atoms with Gasteiger partial charge in [-0.1, -0.05) is 30.3 Å². The number of carbonyl (C=O) groups excluding carboxylic acids is 1. The summed E-state index contributed by atoms with van der Waals surface area (Å²) in [5, 5.41) is 11.9. The maximum atomic E-state index is 13.8. The van der Waals surface area contributed by atoms with Gasteiger partial charge in [-0.25, -0.2) is 4.39 Å². The van der Waals surface area contributed by atoms with Gasteiger partial charge in [-0.2, -0.15) is 5.26 Å². The van der Waals surface area contributed by atoms with Gasteiger partial charge in [-0.05, 0) is 89.0 Å². The van der Waals surface area contributed by atoms with Crippen molar-refractivity contribution in [1.29, 1.82) is 5.26 Å².